The van der Waals surface area contributed by atoms with Gasteiger partial charge in [-0.05, 0) is 35.2 Å². The molecule has 6 heteroatoms. The van der Waals surface area contributed by atoms with Crippen molar-refractivity contribution < 1.29 is 14.3 Å². The maximum absolute atomic E-state index is 11.8. The number of nitrogens with zero attached hydrogens (tertiary/aromatic N) is 1. The molecule has 152 valence electrons. The summed E-state index contributed by atoms with van der Waals surface area (Å²) in [6.45, 7) is 0.835. The van der Waals surface area contributed by atoms with Crippen LogP contribution in [0.25, 0.3) is 0 Å². The summed E-state index contributed by atoms with van der Waals surface area (Å²) >= 11 is 0. The van der Waals surface area contributed by atoms with Crippen LogP contribution in [0.4, 0.5) is 0 Å². The molecule has 3 rings (SSSR count). The number of ether oxygens (including phenoxy) is 1. The molecule has 30 heavy (non-hydrogen) atoms. The van der Waals surface area contributed by atoms with Gasteiger partial charge in [0.1, 0.15) is 12.4 Å². The summed E-state index contributed by atoms with van der Waals surface area (Å²) in [7, 11) is 0. The third-order valence-corrected chi connectivity index (χ3v) is 4.23. The predicted octanol–water partition coefficient (Wildman–Crippen LogP) is 3.07. The Morgan fingerprint density at radius 3 is 2.27 bits per heavy atom. The molecule has 3 aromatic carbocycles. The van der Waals surface area contributed by atoms with E-state index in [-0.39, 0.29) is 0 Å². The number of hydrogen-bond acceptors (Lipinski definition) is 4. The third-order valence-electron chi connectivity index (χ3n) is 4.23. The summed E-state index contributed by atoms with van der Waals surface area (Å²) in [5.41, 5.74) is 5.14. The first-order chi connectivity index (χ1) is 14.7. The molecular formula is C24H23N3O3. The lowest BCUT2D eigenvalue weighted by Crippen LogP contribution is -2.38. The van der Waals surface area contributed by atoms with Crippen LogP contribution in [0.15, 0.2) is 90.0 Å². The maximum Gasteiger partial charge on any atom is 0.329 e. The predicted molar refractivity (Wildman–Crippen MR) is 116 cm³/mol. The molecule has 0 aliphatic rings. The fraction of sp³-hybridized carbons (Fsp3) is 0.125. The van der Waals surface area contributed by atoms with Gasteiger partial charge in [-0.1, -0.05) is 72.8 Å². The number of amides is 2. The number of carbonyl (C=O) groups excluding carboxylic acids is 2. The van der Waals surface area contributed by atoms with Gasteiger partial charge in [-0.3, -0.25) is 9.59 Å². The average Bonchev–Trinajstić information content (AvgIpc) is 2.79. The molecule has 0 radical (unpaired) electrons. The van der Waals surface area contributed by atoms with E-state index < -0.39 is 11.8 Å². The summed E-state index contributed by atoms with van der Waals surface area (Å²) in [5, 5.41) is 6.42. The average molecular weight is 401 g/mol. The Morgan fingerprint density at radius 2 is 1.53 bits per heavy atom. The van der Waals surface area contributed by atoms with Gasteiger partial charge in [0.2, 0.25) is 0 Å². The van der Waals surface area contributed by atoms with Crippen LogP contribution in [0.1, 0.15) is 16.7 Å². The fourth-order valence-corrected chi connectivity index (χ4v) is 2.69. The van der Waals surface area contributed by atoms with E-state index in [1.165, 1.54) is 6.21 Å². The lowest BCUT2D eigenvalue weighted by Gasteiger charge is -2.07. The zero-order valence-corrected chi connectivity index (χ0v) is 16.5. The normalized spacial score (nSPS) is 10.5. The summed E-state index contributed by atoms with van der Waals surface area (Å²) in [6, 6.07) is 26.9. The van der Waals surface area contributed by atoms with Crippen molar-refractivity contribution >= 4 is 18.0 Å². The van der Waals surface area contributed by atoms with Crippen molar-refractivity contribution in [2.24, 2.45) is 5.10 Å². The minimum absolute atomic E-state index is 0.376. The summed E-state index contributed by atoms with van der Waals surface area (Å²) in [5.74, 6) is -0.841. The topological polar surface area (TPSA) is 79.8 Å². The second kappa shape index (κ2) is 11.2. The van der Waals surface area contributed by atoms with Gasteiger partial charge in [0, 0.05) is 6.54 Å². The van der Waals surface area contributed by atoms with Gasteiger partial charge in [-0.2, -0.15) is 5.10 Å². The van der Waals surface area contributed by atoms with Gasteiger partial charge in [-0.25, -0.2) is 5.43 Å². The zero-order chi connectivity index (χ0) is 21.0. The van der Waals surface area contributed by atoms with Gasteiger partial charge < -0.3 is 10.1 Å². The van der Waals surface area contributed by atoms with Crippen molar-refractivity contribution in [3.8, 4) is 5.75 Å². The van der Waals surface area contributed by atoms with Gasteiger partial charge >= 0.3 is 11.8 Å². The largest absolute Gasteiger partial charge is 0.489 e. The molecule has 0 aliphatic heterocycles. The van der Waals surface area contributed by atoms with Gasteiger partial charge in [-0.15, -0.1) is 0 Å². The van der Waals surface area contributed by atoms with Crippen LogP contribution >= 0.6 is 0 Å². The van der Waals surface area contributed by atoms with Crippen molar-refractivity contribution in [3.05, 3.63) is 102 Å². The molecule has 0 atom stereocenters. The van der Waals surface area contributed by atoms with Crippen LogP contribution in [0.2, 0.25) is 0 Å². The zero-order valence-electron chi connectivity index (χ0n) is 16.5. The monoisotopic (exact) mass is 401 g/mol. The van der Waals surface area contributed by atoms with Crippen molar-refractivity contribution in [3.63, 3.8) is 0 Å². The molecule has 0 bridgehead atoms. The molecule has 0 heterocycles. The highest BCUT2D eigenvalue weighted by Gasteiger charge is 2.11. The molecule has 3 aromatic rings. The molecule has 0 saturated carbocycles. The van der Waals surface area contributed by atoms with Crippen LogP contribution < -0.4 is 15.5 Å². The standard InChI is InChI=1S/C24H23N3O3/c28-23(25-15-14-19-8-3-1-4-9-19)24(29)27-26-17-21-12-7-13-22(16-21)30-18-20-10-5-2-6-11-20/h1-13,16-17H,14-15,18H2,(H,25,28)(H,27,29). The van der Waals surface area contributed by atoms with Crippen molar-refractivity contribution in [2.45, 2.75) is 13.0 Å². The molecule has 0 aliphatic carbocycles. The molecule has 0 unspecified atom stereocenters. The Labute approximate surface area is 175 Å². The molecule has 0 saturated heterocycles. The minimum atomic E-state index is -0.809. The molecule has 0 spiro atoms. The highest BCUT2D eigenvalue weighted by Crippen LogP contribution is 2.14. The smallest absolute Gasteiger partial charge is 0.329 e. The fourth-order valence-electron chi connectivity index (χ4n) is 2.69. The summed E-state index contributed by atoms with van der Waals surface area (Å²) in [4.78, 5) is 23.7. The van der Waals surface area contributed by atoms with Crippen molar-refractivity contribution in [1.29, 1.82) is 0 Å². The SMILES string of the molecule is O=C(NCCc1ccccc1)C(=O)NN=Cc1cccc(OCc2ccccc2)c1. The van der Waals surface area contributed by atoms with Crippen molar-refractivity contribution in [2.75, 3.05) is 6.54 Å². The number of rotatable bonds is 8. The van der Waals surface area contributed by atoms with Crippen molar-refractivity contribution in [1.82, 2.24) is 10.7 Å². The molecule has 2 amide bonds. The van der Waals surface area contributed by atoms with E-state index in [0.29, 0.717) is 25.3 Å². The van der Waals surface area contributed by atoms with E-state index >= 15 is 0 Å². The van der Waals surface area contributed by atoms with E-state index in [4.69, 9.17) is 4.74 Å². The summed E-state index contributed by atoms with van der Waals surface area (Å²) < 4.78 is 5.77. The number of benzene rings is 3. The molecule has 6 nitrogen and oxygen atoms in total. The first-order valence-corrected chi connectivity index (χ1v) is 9.62. The van der Waals surface area contributed by atoms with Crippen LogP contribution in [-0.2, 0) is 22.6 Å². The molecule has 0 aromatic heterocycles. The molecule has 2 N–H and O–H groups in total. The highest BCUT2D eigenvalue weighted by molar-refractivity contribution is 6.35. The second-order valence-corrected chi connectivity index (χ2v) is 6.54. The Balaban J connectivity index is 1.42. The number of hydrogen-bond donors (Lipinski definition) is 2. The Kier molecular flexibility index (Phi) is 7.74. The van der Waals surface area contributed by atoms with Crippen LogP contribution in [0.5, 0.6) is 5.75 Å². The number of nitrogens with one attached hydrogen (secondary N) is 2. The Morgan fingerprint density at radius 1 is 0.833 bits per heavy atom. The first-order valence-electron chi connectivity index (χ1n) is 9.62. The number of carbonyl (C=O) groups is 2. The first kappa shape index (κ1) is 20.8. The summed E-state index contributed by atoms with van der Waals surface area (Å²) in [6.07, 6.45) is 2.11. The van der Waals surface area contributed by atoms with Gasteiger partial charge in [0.25, 0.3) is 0 Å². The molecule has 0 fully saturated rings. The van der Waals surface area contributed by atoms with E-state index in [0.717, 1.165) is 16.7 Å². The maximum atomic E-state index is 11.8. The van der Waals surface area contributed by atoms with E-state index in [9.17, 15) is 9.59 Å². The quantitative estimate of drug-likeness (QED) is 0.346. The van der Waals surface area contributed by atoms with E-state index in [1.807, 2.05) is 78.9 Å². The third kappa shape index (κ3) is 6.91. The van der Waals surface area contributed by atoms with Gasteiger partial charge in [0.05, 0.1) is 6.21 Å². The lowest BCUT2D eigenvalue weighted by molar-refractivity contribution is -0.139. The lowest BCUT2D eigenvalue weighted by atomic mass is 10.1. The molecular weight excluding hydrogens is 378 g/mol. The highest BCUT2D eigenvalue weighted by atomic mass is 16.5. The van der Waals surface area contributed by atoms with E-state index in [1.54, 1.807) is 6.07 Å². The van der Waals surface area contributed by atoms with E-state index in [2.05, 4.69) is 15.8 Å². The minimum Gasteiger partial charge on any atom is -0.489 e. The Bertz CT molecular complexity index is 989. The van der Waals surface area contributed by atoms with Crippen LogP contribution in [0, 0.1) is 0 Å². The Hall–Kier alpha value is -3.93. The second-order valence-electron chi connectivity index (χ2n) is 6.54. The van der Waals surface area contributed by atoms with Crippen LogP contribution in [0.3, 0.4) is 0 Å². The van der Waals surface area contributed by atoms with Gasteiger partial charge in [0.15, 0.2) is 0 Å². The number of hydrazone groups is 1. The van der Waals surface area contributed by atoms with Crippen LogP contribution in [-0.4, -0.2) is 24.6 Å².